The van der Waals surface area contributed by atoms with Gasteiger partial charge in [0.15, 0.2) is 0 Å². The number of para-hydroxylation sites is 1. The smallest absolute Gasteiger partial charge is 0.226 e. The van der Waals surface area contributed by atoms with Gasteiger partial charge in [-0.05, 0) is 19.5 Å². The number of aryl methyl sites for hydroxylation is 1. The van der Waals surface area contributed by atoms with Gasteiger partial charge < -0.3 is 9.80 Å². The van der Waals surface area contributed by atoms with Crippen LogP contribution in [0.1, 0.15) is 12.6 Å². The summed E-state index contributed by atoms with van der Waals surface area (Å²) >= 11 is 0. The number of fused-ring (bicyclic) bond motifs is 1. The minimum atomic E-state index is 0.892. The Bertz CT molecular complexity index is 573. The van der Waals surface area contributed by atoms with Crippen molar-refractivity contribution in [3.63, 3.8) is 0 Å². The van der Waals surface area contributed by atoms with Crippen LogP contribution in [0.3, 0.4) is 0 Å². The molecule has 4 nitrogen and oxygen atoms in total. The lowest BCUT2D eigenvalue weighted by Crippen LogP contribution is -2.45. The summed E-state index contributed by atoms with van der Waals surface area (Å²) < 4.78 is 0. The highest BCUT2D eigenvalue weighted by atomic mass is 15.3. The van der Waals surface area contributed by atoms with Crippen LogP contribution in [0.4, 0.5) is 5.95 Å². The van der Waals surface area contributed by atoms with Gasteiger partial charge in [-0.15, -0.1) is 0 Å². The highest BCUT2D eigenvalue weighted by Crippen LogP contribution is 2.20. The Morgan fingerprint density at radius 2 is 1.79 bits per heavy atom. The van der Waals surface area contributed by atoms with Crippen LogP contribution in [0.5, 0.6) is 0 Å². The zero-order valence-electron chi connectivity index (χ0n) is 11.6. The van der Waals surface area contributed by atoms with E-state index in [1.165, 1.54) is 5.39 Å². The fraction of sp³-hybridized carbons (Fsp3) is 0.467. The van der Waals surface area contributed by atoms with E-state index in [-0.39, 0.29) is 0 Å². The lowest BCUT2D eigenvalue weighted by Gasteiger charge is -2.32. The molecule has 1 aromatic heterocycles. The maximum absolute atomic E-state index is 4.76. The number of hydrogen-bond donors (Lipinski definition) is 0. The average molecular weight is 256 g/mol. The third-order valence-electron chi connectivity index (χ3n) is 3.79. The predicted octanol–water partition coefficient (Wildman–Crippen LogP) is 1.94. The largest absolute Gasteiger partial charge is 0.338 e. The van der Waals surface area contributed by atoms with Crippen LogP contribution in [0.25, 0.3) is 10.9 Å². The molecule has 0 atom stereocenters. The zero-order chi connectivity index (χ0) is 13.2. The number of piperazine rings is 1. The van der Waals surface area contributed by atoms with Crippen LogP contribution in [-0.4, -0.2) is 48.1 Å². The number of anilines is 1. The molecule has 0 amide bonds. The molecule has 1 fully saturated rings. The molecule has 2 aromatic rings. The zero-order valence-corrected chi connectivity index (χ0v) is 11.6. The Morgan fingerprint density at radius 3 is 2.53 bits per heavy atom. The van der Waals surface area contributed by atoms with Gasteiger partial charge in [0, 0.05) is 31.6 Å². The molecule has 0 spiro atoms. The monoisotopic (exact) mass is 256 g/mol. The van der Waals surface area contributed by atoms with Crippen molar-refractivity contribution in [1.29, 1.82) is 0 Å². The van der Waals surface area contributed by atoms with E-state index in [1.807, 2.05) is 6.07 Å². The summed E-state index contributed by atoms with van der Waals surface area (Å²) in [5.41, 5.74) is 2.21. The number of aromatic nitrogens is 2. The van der Waals surface area contributed by atoms with Gasteiger partial charge in [-0.25, -0.2) is 9.97 Å². The Labute approximate surface area is 114 Å². The second-order valence-electron chi connectivity index (χ2n) is 5.13. The number of likely N-dealkylation sites (N-methyl/N-ethyl adjacent to an activating group) is 1. The molecule has 0 radical (unpaired) electrons. The van der Waals surface area contributed by atoms with E-state index in [4.69, 9.17) is 9.97 Å². The van der Waals surface area contributed by atoms with E-state index in [0.29, 0.717) is 0 Å². The first-order valence-electron chi connectivity index (χ1n) is 6.97. The Kier molecular flexibility index (Phi) is 3.34. The van der Waals surface area contributed by atoms with Crippen molar-refractivity contribution in [2.75, 3.05) is 38.1 Å². The fourth-order valence-corrected chi connectivity index (χ4v) is 2.55. The van der Waals surface area contributed by atoms with Gasteiger partial charge in [-0.2, -0.15) is 0 Å². The summed E-state index contributed by atoms with van der Waals surface area (Å²) in [5, 5.41) is 1.18. The topological polar surface area (TPSA) is 32.3 Å². The van der Waals surface area contributed by atoms with E-state index in [9.17, 15) is 0 Å². The van der Waals surface area contributed by atoms with Crippen LogP contribution in [-0.2, 0) is 6.42 Å². The van der Waals surface area contributed by atoms with Gasteiger partial charge in [-0.3, -0.25) is 0 Å². The SMILES string of the molecule is CCc1nc(N2CCN(C)CC2)nc2ccccc12. The number of rotatable bonds is 2. The van der Waals surface area contributed by atoms with Crippen molar-refractivity contribution < 1.29 is 0 Å². The van der Waals surface area contributed by atoms with Gasteiger partial charge in [0.05, 0.1) is 11.2 Å². The van der Waals surface area contributed by atoms with E-state index in [1.54, 1.807) is 0 Å². The standard InChI is InChI=1S/C15H20N4/c1-3-13-12-6-4-5-7-14(12)17-15(16-13)19-10-8-18(2)9-11-19/h4-7H,3,8-11H2,1-2H3. The molecule has 1 saturated heterocycles. The van der Waals surface area contributed by atoms with Gasteiger partial charge in [-0.1, -0.05) is 25.1 Å². The average Bonchev–Trinajstić information content (AvgIpc) is 2.47. The summed E-state index contributed by atoms with van der Waals surface area (Å²) in [7, 11) is 2.16. The molecule has 0 unspecified atom stereocenters. The number of hydrogen-bond acceptors (Lipinski definition) is 4. The van der Waals surface area contributed by atoms with Crippen molar-refractivity contribution in [1.82, 2.24) is 14.9 Å². The molecule has 1 aliphatic rings. The van der Waals surface area contributed by atoms with Crippen LogP contribution < -0.4 is 4.90 Å². The predicted molar refractivity (Wildman–Crippen MR) is 78.6 cm³/mol. The number of nitrogens with zero attached hydrogens (tertiary/aromatic N) is 4. The molecule has 100 valence electrons. The van der Waals surface area contributed by atoms with Crippen LogP contribution >= 0.6 is 0 Å². The lowest BCUT2D eigenvalue weighted by molar-refractivity contribution is 0.311. The van der Waals surface area contributed by atoms with Crippen LogP contribution in [0.2, 0.25) is 0 Å². The first-order chi connectivity index (χ1) is 9.28. The van der Waals surface area contributed by atoms with Crippen LogP contribution in [0.15, 0.2) is 24.3 Å². The molecule has 3 rings (SSSR count). The van der Waals surface area contributed by atoms with Crippen LogP contribution in [0, 0.1) is 0 Å². The summed E-state index contributed by atoms with van der Waals surface area (Å²) in [6.45, 7) is 6.34. The first-order valence-corrected chi connectivity index (χ1v) is 6.97. The fourth-order valence-electron chi connectivity index (χ4n) is 2.55. The highest BCUT2D eigenvalue weighted by Gasteiger charge is 2.17. The van der Waals surface area contributed by atoms with Gasteiger partial charge in [0.25, 0.3) is 0 Å². The van der Waals surface area contributed by atoms with Gasteiger partial charge in [0.2, 0.25) is 5.95 Å². The van der Waals surface area contributed by atoms with E-state index in [0.717, 1.165) is 49.8 Å². The van der Waals surface area contributed by atoms with Crippen molar-refractivity contribution in [3.05, 3.63) is 30.0 Å². The normalized spacial score (nSPS) is 17.1. The maximum Gasteiger partial charge on any atom is 0.226 e. The van der Waals surface area contributed by atoms with Crippen molar-refractivity contribution in [3.8, 4) is 0 Å². The first kappa shape index (κ1) is 12.4. The molecular weight excluding hydrogens is 236 g/mol. The Hall–Kier alpha value is -1.68. The summed E-state index contributed by atoms with van der Waals surface area (Å²) in [6.07, 6.45) is 0.948. The summed E-state index contributed by atoms with van der Waals surface area (Å²) in [6, 6.07) is 8.29. The molecule has 0 bridgehead atoms. The lowest BCUT2D eigenvalue weighted by atomic mass is 10.1. The summed E-state index contributed by atoms with van der Waals surface area (Å²) in [5.74, 6) is 0.892. The number of benzene rings is 1. The quantitative estimate of drug-likeness (QED) is 0.822. The Morgan fingerprint density at radius 1 is 1.05 bits per heavy atom. The minimum Gasteiger partial charge on any atom is -0.338 e. The second-order valence-corrected chi connectivity index (χ2v) is 5.13. The molecule has 2 heterocycles. The molecule has 1 aromatic carbocycles. The Balaban J connectivity index is 2.00. The van der Waals surface area contributed by atoms with Crippen molar-refractivity contribution >= 4 is 16.9 Å². The minimum absolute atomic E-state index is 0.892. The second kappa shape index (κ2) is 5.13. The highest BCUT2D eigenvalue weighted by molar-refractivity contribution is 5.82. The third kappa shape index (κ3) is 2.40. The van der Waals surface area contributed by atoms with E-state index < -0.39 is 0 Å². The molecule has 0 N–H and O–H groups in total. The molecule has 4 heteroatoms. The van der Waals surface area contributed by atoms with Gasteiger partial charge >= 0.3 is 0 Å². The summed E-state index contributed by atoms with van der Waals surface area (Å²) in [4.78, 5) is 14.1. The molecule has 0 saturated carbocycles. The molecule has 19 heavy (non-hydrogen) atoms. The van der Waals surface area contributed by atoms with Crippen molar-refractivity contribution in [2.24, 2.45) is 0 Å². The molecule has 0 aliphatic carbocycles. The maximum atomic E-state index is 4.76. The molecular formula is C15H20N4. The molecule has 1 aliphatic heterocycles. The van der Waals surface area contributed by atoms with Crippen molar-refractivity contribution in [2.45, 2.75) is 13.3 Å². The van der Waals surface area contributed by atoms with E-state index >= 15 is 0 Å². The van der Waals surface area contributed by atoms with Gasteiger partial charge in [0.1, 0.15) is 0 Å². The third-order valence-corrected chi connectivity index (χ3v) is 3.79. The van der Waals surface area contributed by atoms with E-state index in [2.05, 4.69) is 42.0 Å².